The second-order valence-corrected chi connectivity index (χ2v) is 5.28. The fourth-order valence-corrected chi connectivity index (χ4v) is 2.62. The van der Waals surface area contributed by atoms with Crippen molar-refractivity contribution in [2.45, 2.75) is 25.8 Å². The van der Waals surface area contributed by atoms with Gasteiger partial charge in [0, 0.05) is 18.7 Å². The van der Waals surface area contributed by atoms with Crippen molar-refractivity contribution in [1.29, 1.82) is 0 Å². The van der Waals surface area contributed by atoms with Gasteiger partial charge in [0.25, 0.3) is 0 Å². The maximum Gasteiger partial charge on any atom is 0.322 e. The van der Waals surface area contributed by atoms with Gasteiger partial charge in [0.15, 0.2) is 5.76 Å². The molecule has 1 saturated heterocycles. The average molecular weight is 307 g/mol. The Morgan fingerprint density at radius 2 is 2.23 bits per heavy atom. The van der Waals surface area contributed by atoms with Crippen molar-refractivity contribution in [2.75, 3.05) is 11.9 Å². The van der Waals surface area contributed by atoms with Crippen molar-refractivity contribution in [2.24, 2.45) is 0 Å². The summed E-state index contributed by atoms with van der Waals surface area (Å²) in [4.78, 5) is 13.9. The lowest BCUT2D eigenvalue weighted by atomic mass is 10.1. The van der Waals surface area contributed by atoms with Crippen LogP contribution in [0.15, 0.2) is 28.8 Å². The lowest BCUT2D eigenvalue weighted by molar-refractivity contribution is 0.195. The number of halogens is 2. The number of nitrogens with zero attached hydrogens (tertiary/aromatic N) is 2. The topological polar surface area (TPSA) is 58.4 Å². The van der Waals surface area contributed by atoms with Crippen molar-refractivity contribution in [1.82, 2.24) is 10.1 Å². The number of aryl methyl sites for hydroxylation is 1. The predicted molar refractivity (Wildman–Crippen MR) is 75.3 cm³/mol. The monoisotopic (exact) mass is 307 g/mol. The largest absolute Gasteiger partial charge is 0.359 e. The van der Waals surface area contributed by atoms with E-state index in [1.54, 1.807) is 17.9 Å². The molecular formula is C15H15F2N3O2. The molecule has 1 atom stereocenters. The first-order valence-corrected chi connectivity index (χ1v) is 7.00. The summed E-state index contributed by atoms with van der Waals surface area (Å²) in [5.74, 6) is -0.879. The molecule has 3 rings (SSSR count). The van der Waals surface area contributed by atoms with Crippen LogP contribution >= 0.6 is 0 Å². The van der Waals surface area contributed by atoms with Crippen molar-refractivity contribution >= 4 is 11.7 Å². The molecule has 0 radical (unpaired) electrons. The SMILES string of the molecule is Cc1cc(C2CCCN2C(=O)Nc2ccc(F)cc2F)on1. The number of amides is 2. The Hall–Kier alpha value is -2.44. The summed E-state index contributed by atoms with van der Waals surface area (Å²) in [6.45, 7) is 2.35. The standard InChI is InChI=1S/C15H15F2N3O2/c1-9-7-14(22-19-9)13-3-2-6-20(13)15(21)18-12-5-4-10(16)8-11(12)17/h4-5,7-8,13H,2-3,6H2,1H3,(H,18,21). The molecule has 0 bridgehead atoms. The number of urea groups is 1. The number of hydrogen-bond acceptors (Lipinski definition) is 3. The number of rotatable bonds is 2. The zero-order chi connectivity index (χ0) is 15.7. The highest BCUT2D eigenvalue weighted by Crippen LogP contribution is 2.32. The summed E-state index contributed by atoms with van der Waals surface area (Å²) in [5, 5.41) is 6.30. The van der Waals surface area contributed by atoms with Crippen LogP contribution in [0.3, 0.4) is 0 Å². The molecule has 0 spiro atoms. The first kappa shape index (κ1) is 14.5. The van der Waals surface area contributed by atoms with Gasteiger partial charge >= 0.3 is 6.03 Å². The van der Waals surface area contributed by atoms with Crippen molar-refractivity contribution in [3.63, 3.8) is 0 Å². The third kappa shape index (κ3) is 2.79. The quantitative estimate of drug-likeness (QED) is 0.921. The van der Waals surface area contributed by atoms with E-state index >= 15 is 0 Å². The van der Waals surface area contributed by atoms with Crippen LogP contribution in [0.4, 0.5) is 19.3 Å². The number of nitrogens with one attached hydrogen (secondary N) is 1. The molecular weight excluding hydrogens is 292 g/mol. The minimum absolute atomic E-state index is 0.0502. The van der Waals surface area contributed by atoms with Crippen LogP contribution in [0.25, 0.3) is 0 Å². The average Bonchev–Trinajstić information content (AvgIpc) is 3.10. The zero-order valence-electron chi connectivity index (χ0n) is 12.0. The smallest absolute Gasteiger partial charge is 0.322 e. The highest BCUT2D eigenvalue weighted by molar-refractivity contribution is 5.89. The molecule has 1 N–H and O–H groups in total. The van der Waals surface area contributed by atoms with Crippen LogP contribution in [0.2, 0.25) is 0 Å². The second-order valence-electron chi connectivity index (χ2n) is 5.28. The van der Waals surface area contributed by atoms with Crippen LogP contribution < -0.4 is 5.32 Å². The minimum Gasteiger partial charge on any atom is -0.359 e. The number of anilines is 1. The predicted octanol–water partition coefficient (Wildman–Crippen LogP) is 3.63. The molecule has 0 saturated carbocycles. The van der Waals surface area contributed by atoms with E-state index in [-0.39, 0.29) is 11.7 Å². The number of hydrogen-bond donors (Lipinski definition) is 1. The van der Waals surface area contributed by atoms with E-state index in [1.807, 2.05) is 0 Å². The van der Waals surface area contributed by atoms with Crippen LogP contribution in [0, 0.1) is 18.6 Å². The minimum atomic E-state index is -0.806. The molecule has 0 aliphatic carbocycles. The van der Waals surface area contributed by atoms with Gasteiger partial charge in [-0.3, -0.25) is 0 Å². The van der Waals surface area contributed by atoms with Crippen molar-refractivity contribution in [3.8, 4) is 0 Å². The van der Waals surface area contributed by atoms with Crippen molar-refractivity contribution < 1.29 is 18.1 Å². The summed E-state index contributed by atoms with van der Waals surface area (Å²) in [5.41, 5.74) is 0.692. The van der Waals surface area contributed by atoms with Crippen LogP contribution in [-0.4, -0.2) is 22.6 Å². The van der Waals surface area contributed by atoms with Crippen LogP contribution in [0.5, 0.6) is 0 Å². The van der Waals surface area contributed by atoms with E-state index in [1.165, 1.54) is 6.07 Å². The van der Waals surface area contributed by atoms with Gasteiger partial charge in [0.05, 0.1) is 17.4 Å². The van der Waals surface area contributed by atoms with Gasteiger partial charge in [0.1, 0.15) is 11.6 Å². The van der Waals surface area contributed by atoms with E-state index in [0.29, 0.717) is 12.3 Å². The third-order valence-corrected chi connectivity index (χ3v) is 3.66. The summed E-state index contributed by atoms with van der Waals surface area (Å²) in [6, 6.07) is 4.16. The summed E-state index contributed by atoms with van der Waals surface area (Å²) in [7, 11) is 0. The van der Waals surface area contributed by atoms with Gasteiger partial charge in [-0.2, -0.15) is 0 Å². The normalized spacial score (nSPS) is 17.8. The molecule has 5 nitrogen and oxygen atoms in total. The molecule has 1 unspecified atom stereocenters. The van der Waals surface area contributed by atoms with Crippen molar-refractivity contribution in [3.05, 3.63) is 47.4 Å². The molecule has 1 aromatic carbocycles. The van der Waals surface area contributed by atoms with Gasteiger partial charge in [0.2, 0.25) is 0 Å². The van der Waals surface area contributed by atoms with E-state index < -0.39 is 17.7 Å². The number of carbonyl (C=O) groups excluding carboxylic acids is 1. The van der Waals surface area contributed by atoms with E-state index in [2.05, 4.69) is 10.5 Å². The van der Waals surface area contributed by atoms with Crippen LogP contribution in [-0.2, 0) is 0 Å². The van der Waals surface area contributed by atoms with E-state index in [0.717, 1.165) is 30.7 Å². The summed E-state index contributed by atoms with van der Waals surface area (Å²) < 4.78 is 31.7. The zero-order valence-corrected chi connectivity index (χ0v) is 12.0. The van der Waals surface area contributed by atoms with E-state index in [4.69, 9.17) is 4.52 Å². The number of likely N-dealkylation sites (tertiary alicyclic amines) is 1. The summed E-state index contributed by atoms with van der Waals surface area (Å²) >= 11 is 0. The fraction of sp³-hybridized carbons (Fsp3) is 0.333. The highest BCUT2D eigenvalue weighted by atomic mass is 19.1. The maximum atomic E-state index is 13.6. The Balaban J connectivity index is 1.76. The second kappa shape index (κ2) is 5.75. The molecule has 22 heavy (non-hydrogen) atoms. The van der Waals surface area contributed by atoms with Gasteiger partial charge in [-0.15, -0.1) is 0 Å². The third-order valence-electron chi connectivity index (χ3n) is 3.66. The molecule has 116 valence electrons. The Kier molecular flexibility index (Phi) is 3.79. The Labute approximate surface area is 125 Å². The lowest BCUT2D eigenvalue weighted by Gasteiger charge is -2.23. The first-order valence-electron chi connectivity index (χ1n) is 7.00. The van der Waals surface area contributed by atoms with Gasteiger partial charge in [-0.25, -0.2) is 13.6 Å². The van der Waals surface area contributed by atoms with Gasteiger partial charge in [-0.05, 0) is 31.9 Å². The molecule has 2 aromatic rings. The van der Waals surface area contributed by atoms with Gasteiger partial charge < -0.3 is 14.7 Å². The molecule has 2 amide bonds. The molecule has 1 aliphatic heterocycles. The maximum absolute atomic E-state index is 13.6. The molecule has 2 heterocycles. The Morgan fingerprint density at radius 3 is 2.91 bits per heavy atom. The number of carbonyl (C=O) groups is 1. The fourth-order valence-electron chi connectivity index (χ4n) is 2.62. The molecule has 7 heteroatoms. The van der Waals surface area contributed by atoms with Gasteiger partial charge in [-0.1, -0.05) is 5.16 Å². The lowest BCUT2D eigenvalue weighted by Crippen LogP contribution is -2.34. The van der Waals surface area contributed by atoms with E-state index in [9.17, 15) is 13.6 Å². The molecule has 1 fully saturated rings. The number of aromatic nitrogens is 1. The van der Waals surface area contributed by atoms with Crippen LogP contribution in [0.1, 0.15) is 30.3 Å². The molecule has 1 aromatic heterocycles. The first-order chi connectivity index (χ1) is 10.5. The Morgan fingerprint density at radius 1 is 1.41 bits per heavy atom. The molecule has 1 aliphatic rings. The highest BCUT2D eigenvalue weighted by Gasteiger charge is 2.33. The number of benzene rings is 1. The Bertz CT molecular complexity index is 702. The summed E-state index contributed by atoms with van der Waals surface area (Å²) in [6.07, 6.45) is 1.58.